The number of halogens is 3. The number of nitrogens with zero attached hydrogens (tertiary/aromatic N) is 4. The second kappa shape index (κ2) is 5.11. The zero-order valence-corrected chi connectivity index (χ0v) is 11.5. The highest BCUT2D eigenvalue weighted by molar-refractivity contribution is 5.61. The minimum Gasteiger partial charge on any atom is -0.491 e. The Bertz CT molecular complexity index is 667. The van der Waals surface area contributed by atoms with Crippen molar-refractivity contribution in [2.45, 2.75) is 13.1 Å². The van der Waals surface area contributed by atoms with E-state index in [4.69, 9.17) is 10.5 Å². The van der Waals surface area contributed by atoms with Gasteiger partial charge in [-0.05, 0) is 6.92 Å². The van der Waals surface area contributed by atoms with Crippen LogP contribution in [-0.2, 0) is 13.2 Å². The fourth-order valence-electron chi connectivity index (χ4n) is 1.80. The van der Waals surface area contributed by atoms with E-state index in [1.807, 2.05) is 0 Å². The molecule has 2 aromatic heterocycles. The SMILES string of the molecule is COc1c(C)nn(C)c1Nc1ncc(C(F)(F)F)c(N)n1. The minimum absolute atomic E-state index is 0.0817. The van der Waals surface area contributed by atoms with Crippen LogP contribution in [0.5, 0.6) is 5.75 Å². The van der Waals surface area contributed by atoms with E-state index in [0.717, 1.165) is 0 Å². The first-order valence-corrected chi connectivity index (χ1v) is 5.78. The molecule has 21 heavy (non-hydrogen) atoms. The van der Waals surface area contributed by atoms with Gasteiger partial charge in [-0.15, -0.1) is 0 Å². The van der Waals surface area contributed by atoms with Crippen LogP contribution in [0.2, 0.25) is 0 Å². The highest BCUT2D eigenvalue weighted by atomic mass is 19.4. The number of ether oxygens (including phenoxy) is 1. The van der Waals surface area contributed by atoms with Gasteiger partial charge >= 0.3 is 6.18 Å². The van der Waals surface area contributed by atoms with Gasteiger partial charge in [0.1, 0.15) is 17.1 Å². The Labute approximate surface area is 117 Å². The van der Waals surface area contributed by atoms with Crippen LogP contribution in [0.15, 0.2) is 6.20 Å². The van der Waals surface area contributed by atoms with E-state index in [2.05, 4.69) is 20.4 Å². The van der Waals surface area contributed by atoms with Crippen LogP contribution in [0.25, 0.3) is 0 Å². The summed E-state index contributed by atoms with van der Waals surface area (Å²) >= 11 is 0. The van der Waals surface area contributed by atoms with Gasteiger partial charge in [0.25, 0.3) is 0 Å². The fraction of sp³-hybridized carbons (Fsp3) is 0.364. The zero-order valence-electron chi connectivity index (χ0n) is 11.5. The minimum atomic E-state index is -4.59. The molecule has 7 nitrogen and oxygen atoms in total. The summed E-state index contributed by atoms with van der Waals surface area (Å²) in [6, 6.07) is 0. The molecule has 0 aliphatic carbocycles. The second-order valence-electron chi connectivity index (χ2n) is 4.21. The second-order valence-corrected chi connectivity index (χ2v) is 4.21. The molecule has 3 N–H and O–H groups in total. The van der Waals surface area contributed by atoms with Crippen LogP contribution in [-0.4, -0.2) is 26.9 Å². The van der Waals surface area contributed by atoms with Crippen LogP contribution in [0.3, 0.4) is 0 Å². The van der Waals surface area contributed by atoms with E-state index in [-0.39, 0.29) is 5.95 Å². The van der Waals surface area contributed by atoms with Crippen LogP contribution < -0.4 is 15.8 Å². The molecule has 0 saturated carbocycles. The van der Waals surface area contributed by atoms with Crippen LogP contribution in [0.1, 0.15) is 11.3 Å². The Balaban J connectivity index is 2.36. The predicted octanol–water partition coefficient (Wildman–Crippen LogP) is 1.87. The molecule has 0 spiro atoms. The molecule has 0 amide bonds. The molecule has 2 rings (SSSR count). The summed E-state index contributed by atoms with van der Waals surface area (Å²) in [4.78, 5) is 7.21. The zero-order chi connectivity index (χ0) is 15.8. The number of hydrogen-bond donors (Lipinski definition) is 2. The van der Waals surface area contributed by atoms with E-state index in [9.17, 15) is 13.2 Å². The molecule has 10 heteroatoms. The molecule has 114 valence electrons. The summed E-state index contributed by atoms with van der Waals surface area (Å²) in [7, 11) is 3.10. The molecular formula is C11H13F3N6O. The maximum atomic E-state index is 12.6. The quantitative estimate of drug-likeness (QED) is 0.899. The van der Waals surface area contributed by atoms with Crippen LogP contribution in [0, 0.1) is 6.92 Å². The molecule has 2 heterocycles. The van der Waals surface area contributed by atoms with Gasteiger partial charge in [0.2, 0.25) is 5.95 Å². The van der Waals surface area contributed by atoms with E-state index < -0.39 is 17.6 Å². The van der Waals surface area contributed by atoms with Crippen molar-refractivity contribution in [3.8, 4) is 5.75 Å². The lowest BCUT2D eigenvalue weighted by atomic mass is 10.3. The summed E-state index contributed by atoms with van der Waals surface area (Å²) in [5.41, 5.74) is 4.84. The molecule has 0 aliphatic rings. The number of nitrogens with two attached hydrogens (primary N) is 1. The topological polar surface area (TPSA) is 90.9 Å². The number of nitrogen functional groups attached to an aromatic ring is 1. The van der Waals surface area contributed by atoms with Crippen molar-refractivity contribution in [3.63, 3.8) is 0 Å². The lowest BCUT2D eigenvalue weighted by Gasteiger charge is -2.11. The van der Waals surface area contributed by atoms with Gasteiger partial charge < -0.3 is 15.8 Å². The van der Waals surface area contributed by atoms with Crippen molar-refractivity contribution < 1.29 is 17.9 Å². The lowest BCUT2D eigenvalue weighted by molar-refractivity contribution is -0.137. The molecule has 0 unspecified atom stereocenters. The number of aryl methyl sites for hydroxylation is 2. The molecule has 0 fully saturated rings. The number of hydrogen-bond acceptors (Lipinski definition) is 6. The lowest BCUT2D eigenvalue weighted by Crippen LogP contribution is -2.13. The Morgan fingerprint density at radius 2 is 2.05 bits per heavy atom. The van der Waals surface area contributed by atoms with Gasteiger partial charge in [0.05, 0.1) is 7.11 Å². The molecule has 0 bridgehead atoms. The van der Waals surface area contributed by atoms with Crippen molar-refractivity contribution >= 4 is 17.6 Å². The van der Waals surface area contributed by atoms with Crippen LogP contribution in [0.4, 0.5) is 30.8 Å². The number of methoxy groups -OCH3 is 1. The standard InChI is InChI=1S/C11H13F3N6O/c1-5-7(21-3)9(20(2)19-5)18-10-16-4-6(8(15)17-10)11(12,13)14/h4H,1-3H3,(H3,15,16,17,18). The molecule has 0 radical (unpaired) electrons. The molecule has 0 aromatic carbocycles. The third-order valence-corrected chi connectivity index (χ3v) is 2.73. The number of aromatic nitrogens is 4. The van der Waals surface area contributed by atoms with Gasteiger partial charge in [0, 0.05) is 13.2 Å². The van der Waals surface area contributed by atoms with E-state index in [1.54, 1.807) is 14.0 Å². The first kappa shape index (κ1) is 14.9. The summed E-state index contributed by atoms with van der Waals surface area (Å²) in [5, 5.41) is 6.86. The van der Waals surface area contributed by atoms with Crippen molar-refractivity contribution in [3.05, 3.63) is 17.5 Å². The molecule has 0 atom stereocenters. The Kier molecular flexibility index (Phi) is 3.62. The number of rotatable bonds is 3. The van der Waals surface area contributed by atoms with Gasteiger partial charge in [0.15, 0.2) is 11.6 Å². The van der Waals surface area contributed by atoms with Gasteiger partial charge in [-0.2, -0.15) is 23.3 Å². The normalized spacial score (nSPS) is 11.5. The monoisotopic (exact) mass is 302 g/mol. The van der Waals surface area contributed by atoms with Gasteiger partial charge in [-0.1, -0.05) is 0 Å². The Morgan fingerprint density at radius 3 is 2.57 bits per heavy atom. The Hall–Kier alpha value is -2.52. The van der Waals surface area contributed by atoms with Crippen molar-refractivity contribution in [1.82, 2.24) is 19.7 Å². The average Bonchev–Trinajstić information content (AvgIpc) is 2.62. The highest BCUT2D eigenvalue weighted by Crippen LogP contribution is 2.33. The molecule has 0 aliphatic heterocycles. The van der Waals surface area contributed by atoms with E-state index in [0.29, 0.717) is 23.5 Å². The summed E-state index contributed by atoms with van der Waals surface area (Å²) in [6.45, 7) is 1.73. The largest absolute Gasteiger partial charge is 0.491 e. The molecule has 0 saturated heterocycles. The summed E-state index contributed by atoms with van der Waals surface area (Å²) in [5.74, 6) is 0.119. The molecule has 2 aromatic rings. The number of alkyl halides is 3. The third kappa shape index (κ3) is 2.83. The maximum absolute atomic E-state index is 12.6. The van der Waals surface area contributed by atoms with Crippen molar-refractivity contribution in [1.29, 1.82) is 0 Å². The average molecular weight is 302 g/mol. The Morgan fingerprint density at radius 1 is 1.38 bits per heavy atom. The number of nitrogens with one attached hydrogen (secondary N) is 1. The molecular weight excluding hydrogens is 289 g/mol. The smallest absolute Gasteiger partial charge is 0.421 e. The van der Waals surface area contributed by atoms with Crippen molar-refractivity contribution in [2.24, 2.45) is 7.05 Å². The highest BCUT2D eigenvalue weighted by Gasteiger charge is 2.34. The third-order valence-electron chi connectivity index (χ3n) is 2.73. The van der Waals surface area contributed by atoms with Gasteiger partial charge in [-0.3, -0.25) is 0 Å². The maximum Gasteiger partial charge on any atom is 0.421 e. The summed E-state index contributed by atoms with van der Waals surface area (Å²) < 4.78 is 44.4. The van der Waals surface area contributed by atoms with Crippen molar-refractivity contribution in [2.75, 3.05) is 18.2 Å². The predicted molar refractivity (Wildman–Crippen MR) is 69.2 cm³/mol. The number of anilines is 3. The van der Waals surface area contributed by atoms with Crippen LogP contribution >= 0.6 is 0 Å². The summed E-state index contributed by atoms with van der Waals surface area (Å²) in [6.07, 6.45) is -3.97. The first-order valence-electron chi connectivity index (χ1n) is 5.78. The first-order chi connectivity index (χ1) is 9.74. The van der Waals surface area contributed by atoms with E-state index >= 15 is 0 Å². The fourth-order valence-corrected chi connectivity index (χ4v) is 1.80. The van der Waals surface area contributed by atoms with Gasteiger partial charge in [-0.25, -0.2) is 9.67 Å². The van der Waals surface area contributed by atoms with E-state index in [1.165, 1.54) is 11.8 Å².